The number of H-pyrrole nitrogens is 1. The molecule has 0 aliphatic heterocycles. The summed E-state index contributed by atoms with van der Waals surface area (Å²) in [6, 6.07) is 9.89. The third-order valence-corrected chi connectivity index (χ3v) is 3.90. The molecule has 1 aromatic carbocycles. The Balaban J connectivity index is 1.77. The predicted octanol–water partition coefficient (Wildman–Crippen LogP) is 3.64. The van der Waals surface area contributed by atoms with Gasteiger partial charge < -0.3 is 9.40 Å². The minimum absolute atomic E-state index is 0.119. The van der Waals surface area contributed by atoms with E-state index in [1.54, 1.807) is 6.26 Å². The third kappa shape index (κ3) is 2.83. The number of furan rings is 1. The van der Waals surface area contributed by atoms with E-state index >= 15 is 0 Å². The number of nitrogens with one attached hydrogen (secondary N) is 1. The summed E-state index contributed by atoms with van der Waals surface area (Å²) >= 11 is 0. The van der Waals surface area contributed by atoms with Gasteiger partial charge in [-0.15, -0.1) is 0 Å². The molecule has 0 unspecified atom stereocenters. The summed E-state index contributed by atoms with van der Waals surface area (Å²) in [4.78, 5) is 17.8. The van der Waals surface area contributed by atoms with Crippen LogP contribution in [0.5, 0.6) is 0 Å². The van der Waals surface area contributed by atoms with Crippen molar-refractivity contribution in [3.63, 3.8) is 0 Å². The van der Waals surface area contributed by atoms with E-state index in [2.05, 4.69) is 18.0 Å². The molecule has 4 heteroatoms. The van der Waals surface area contributed by atoms with Gasteiger partial charge in [-0.25, -0.2) is 0 Å². The summed E-state index contributed by atoms with van der Waals surface area (Å²) in [7, 11) is 1.92. The number of hydrogen-bond acceptors (Lipinski definition) is 3. The Morgan fingerprint density at radius 3 is 2.86 bits per heavy atom. The van der Waals surface area contributed by atoms with Crippen LogP contribution >= 0.6 is 0 Å². The van der Waals surface area contributed by atoms with E-state index in [-0.39, 0.29) is 5.78 Å². The zero-order valence-corrected chi connectivity index (χ0v) is 12.9. The molecule has 4 nitrogen and oxygen atoms in total. The number of aryl methyl sites for hydroxylation is 1. The Morgan fingerprint density at radius 2 is 2.14 bits per heavy atom. The molecule has 0 saturated heterocycles. The largest absolute Gasteiger partial charge is 0.468 e. The van der Waals surface area contributed by atoms with Gasteiger partial charge in [0.1, 0.15) is 5.76 Å². The van der Waals surface area contributed by atoms with Gasteiger partial charge in [0.2, 0.25) is 0 Å². The second kappa shape index (κ2) is 6.20. The lowest BCUT2D eigenvalue weighted by Gasteiger charge is -2.13. The van der Waals surface area contributed by atoms with Crippen LogP contribution in [0.25, 0.3) is 10.9 Å². The van der Waals surface area contributed by atoms with Crippen molar-refractivity contribution >= 4 is 16.7 Å². The van der Waals surface area contributed by atoms with Crippen molar-refractivity contribution < 1.29 is 9.21 Å². The Morgan fingerprint density at radius 1 is 1.27 bits per heavy atom. The van der Waals surface area contributed by atoms with E-state index in [9.17, 15) is 4.79 Å². The molecule has 0 radical (unpaired) electrons. The lowest BCUT2D eigenvalue weighted by Crippen LogP contribution is -2.25. The Hall–Kier alpha value is -2.33. The van der Waals surface area contributed by atoms with Crippen molar-refractivity contribution in [2.24, 2.45) is 0 Å². The van der Waals surface area contributed by atoms with E-state index < -0.39 is 0 Å². The molecule has 1 N–H and O–H groups in total. The fourth-order valence-electron chi connectivity index (χ4n) is 2.80. The van der Waals surface area contributed by atoms with Crippen LogP contribution in [0, 0.1) is 0 Å². The van der Waals surface area contributed by atoms with Crippen LogP contribution in [0.3, 0.4) is 0 Å². The molecule has 0 saturated carbocycles. The van der Waals surface area contributed by atoms with Crippen molar-refractivity contribution in [1.82, 2.24) is 9.88 Å². The first-order valence-electron chi connectivity index (χ1n) is 7.52. The molecule has 22 heavy (non-hydrogen) atoms. The first kappa shape index (κ1) is 14.6. The number of fused-ring (bicyclic) bond motifs is 1. The molecule has 3 rings (SSSR count). The number of para-hydroxylation sites is 1. The van der Waals surface area contributed by atoms with Crippen molar-refractivity contribution in [3.8, 4) is 0 Å². The summed E-state index contributed by atoms with van der Waals surface area (Å²) in [6.07, 6.45) is 4.42. The molecule has 0 amide bonds. The molecule has 2 aromatic heterocycles. The fourth-order valence-corrected chi connectivity index (χ4v) is 2.80. The normalized spacial score (nSPS) is 11.4. The average molecular weight is 296 g/mol. The molecule has 0 aliphatic carbocycles. The fraction of sp³-hybridized carbons (Fsp3) is 0.278. The van der Waals surface area contributed by atoms with Crippen LogP contribution in [0.4, 0.5) is 0 Å². The number of Topliss-reactive ketones (excluding diaryl/α,β-unsaturated/α-hetero) is 1. The maximum Gasteiger partial charge on any atom is 0.178 e. The van der Waals surface area contributed by atoms with Gasteiger partial charge in [-0.2, -0.15) is 0 Å². The van der Waals surface area contributed by atoms with Crippen LogP contribution in [-0.2, 0) is 13.0 Å². The first-order chi connectivity index (χ1) is 10.7. The van der Waals surface area contributed by atoms with Crippen LogP contribution < -0.4 is 0 Å². The van der Waals surface area contributed by atoms with E-state index in [1.165, 1.54) is 5.56 Å². The smallest absolute Gasteiger partial charge is 0.178 e. The van der Waals surface area contributed by atoms with Gasteiger partial charge in [-0.05, 0) is 31.2 Å². The second-order valence-electron chi connectivity index (χ2n) is 5.57. The summed E-state index contributed by atoms with van der Waals surface area (Å²) in [5.41, 5.74) is 3.07. The quantitative estimate of drug-likeness (QED) is 0.707. The minimum atomic E-state index is 0.119. The van der Waals surface area contributed by atoms with Gasteiger partial charge in [-0.3, -0.25) is 9.69 Å². The van der Waals surface area contributed by atoms with Crippen LogP contribution in [-0.4, -0.2) is 29.3 Å². The van der Waals surface area contributed by atoms with Gasteiger partial charge in [0.25, 0.3) is 0 Å². The van der Waals surface area contributed by atoms with E-state index in [0.717, 1.165) is 28.6 Å². The molecule has 0 aliphatic rings. The molecule has 2 heterocycles. The van der Waals surface area contributed by atoms with Gasteiger partial charge >= 0.3 is 0 Å². The van der Waals surface area contributed by atoms with Gasteiger partial charge in [0.05, 0.1) is 19.4 Å². The zero-order valence-electron chi connectivity index (χ0n) is 12.9. The number of nitrogens with zero attached hydrogens (tertiary/aromatic N) is 1. The predicted molar refractivity (Wildman–Crippen MR) is 87.0 cm³/mol. The lowest BCUT2D eigenvalue weighted by molar-refractivity contribution is 0.0941. The van der Waals surface area contributed by atoms with E-state index in [1.807, 2.05) is 42.4 Å². The highest BCUT2D eigenvalue weighted by atomic mass is 16.3. The number of rotatable bonds is 6. The highest BCUT2D eigenvalue weighted by Gasteiger charge is 2.15. The van der Waals surface area contributed by atoms with Crippen LogP contribution in [0.2, 0.25) is 0 Å². The highest BCUT2D eigenvalue weighted by Crippen LogP contribution is 2.22. The molecule has 0 bridgehead atoms. The van der Waals surface area contributed by atoms with Crippen molar-refractivity contribution in [2.45, 2.75) is 19.9 Å². The van der Waals surface area contributed by atoms with Crippen molar-refractivity contribution in [1.29, 1.82) is 0 Å². The maximum atomic E-state index is 12.6. The minimum Gasteiger partial charge on any atom is -0.468 e. The molecule has 0 spiro atoms. The van der Waals surface area contributed by atoms with Crippen LogP contribution in [0.1, 0.15) is 28.6 Å². The number of aromatic nitrogens is 1. The number of hydrogen-bond donors (Lipinski definition) is 1. The van der Waals surface area contributed by atoms with Crippen molar-refractivity contribution in [3.05, 3.63) is 59.7 Å². The summed E-state index contributed by atoms with van der Waals surface area (Å²) in [6.45, 7) is 3.11. The molecular weight excluding hydrogens is 276 g/mol. The maximum absolute atomic E-state index is 12.6. The Bertz CT molecular complexity index is 772. The molecule has 3 aromatic rings. The average Bonchev–Trinajstić information content (AvgIpc) is 3.15. The van der Waals surface area contributed by atoms with Crippen LogP contribution in [0.15, 0.2) is 47.2 Å². The molecule has 0 atom stereocenters. The molecule has 114 valence electrons. The number of carbonyl (C=O) groups is 1. The van der Waals surface area contributed by atoms with Gasteiger partial charge in [0.15, 0.2) is 5.78 Å². The van der Waals surface area contributed by atoms with Gasteiger partial charge in [0, 0.05) is 22.7 Å². The lowest BCUT2D eigenvalue weighted by atomic mass is 10.0. The standard InChI is InChI=1S/C18H20N2O2/c1-3-13-6-4-8-15-16(10-19-18(13)15)17(21)12-20(2)11-14-7-5-9-22-14/h4-10,19H,3,11-12H2,1-2H3. The molecule has 0 fully saturated rings. The molecular formula is C18H20N2O2. The SMILES string of the molecule is CCc1cccc2c(C(=O)CN(C)Cc3ccco3)c[nH]c12. The number of likely N-dealkylation sites (N-methyl/N-ethyl adjacent to an activating group) is 1. The number of aromatic amines is 1. The topological polar surface area (TPSA) is 49.2 Å². The van der Waals surface area contributed by atoms with Gasteiger partial charge in [-0.1, -0.05) is 25.1 Å². The highest BCUT2D eigenvalue weighted by molar-refractivity contribution is 6.09. The second-order valence-corrected chi connectivity index (χ2v) is 5.57. The zero-order chi connectivity index (χ0) is 15.5. The summed E-state index contributed by atoms with van der Waals surface area (Å²) in [5.74, 6) is 0.982. The van der Waals surface area contributed by atoms with E-state index in [0.29, 0.717) is 13.1 Å². The number of ketones is 1. The van der Waals surface area contributed by atoms with E-state index in [4.69, 9.17) is 4.42 Å². The Labute approximate surface area is 129 Å². The number of benzene rings is 1. The monoisotopic (exact) mass is 296 g/mol. The van der Waals surface area contributed by atoms with Crippen molar-refractivity contribution in [2.75, 3.05) is 13.6 Å². The number of carbonyl (C=O) groups excluding carboxylic acids is 1. The summed E-state index contributed by atoms with van der Waals surface area (Å²) < 4.78 is 5.32. The summed E-state index contributed by atoms with van der Waals surface area (Å²) in [5, 5.41) is 1.01. The first-order valence-corrected chi connectivity index (χ1v) is 7.52. The third-order valence-electron chi connectivity index (χ3n) is 3.90. The Kier molecular flexibility index (Phi) is 4.11.